The Morgan fingerprint density at radius 2 is 2.06 bits per heavy atom. The molecule has 176 valence electrons. The van der Waals surface area contributed by atoms with Crippen molar-refractivity contribution in [3.05, 3.63) is 81.0 Å². The van der Waals surface area contributed by atoms with E-state index in [4.69, 9.17) is 27.9 Å². The molecule has 0 aliphatic carbocycles. The van der Waals surface area contributed by atoms with Crippen LogP contribution in [0.15, 0.2) is 59.8 Å². The molecule has 34 heavy (non-hydrogen) atoms. The average Bonchev–Trinajstić information content (AvgIpc) is 3.52. The van der Waals surface area contributed by atoms with E-state index in [1.165, 1.54) is 10.8 Å². The van der Waals surface area contributed by atoms with E-state index in [9.17, 15) is 9.90 Å². The summed E-state index contributed by atoms with van der Waals surface area (Å²) in [6.07, 6.45) is 5.60. The molecule has 4 heterocycles. The van der Waals surface area contributed by atoms with Gasteiger partial charge in [0.05, 0.1) is 59.8 Å². The SMILES string of the molecule is O=c1c2cnn(Cc3ccccc3Cl)c2ccn1-c1cc(N[C@@H](CO)[C@H]2CCOC2)ncc1Cl. The number of hydrogen-bond acceptors (Lipinski definition) is 6. The van der Waals surface area contributed by atoms with Crippen molar-refractivity contribution in [2.75, 3.05) is 25.1 Å². The number of halogens is 2. The summed E-state index contributed by atoms with van der Waals surface area (Å²) in [7, 11) is 0. The number of fused-ring (bicyclic) bond motifs is 1. The predicted molar refractivity (Wildman–Crippen MR) is 132 cm³/mol. The molecule has 1 fully saturated rings. The molecular weight excluding hydrogens is 477 g/mol. The zero-order chi connectivity index (χ0) is 23.7. The molecule has 3 aromatic heterocycles. The van der Waals surface area contributed by atoms with Gasteiger partial charge in [0, 0.05) is 29.8 Å². The van der Waals surface area contributed by atoms with Gasteiger partial charge in [-0.2, -0.15) is 5.10 Å². The fourth-order valence-corrected chi connectivity index (χ4v) is 4.64. The lowest BCUT2D eigenvalue weighted by molar-refractivity contribution is 0.169. The van der Waals surface area contributed by atoms with Gasteiger partial charge in [-0.15, -0.1) is 0 Å². The molecule has 8 nitrogen and oxygen atoms in total. The summed E-state index contributed by atoms with van der Waals surface area (Å²) in [6.45, 7) is 1.67. The van der Waals surface area contributed by atoms with Crippen LogP contribution in [0.4, 0.5) is 5.82 Å². The Hall–Kier alpha value is -2.91. The standard InChI is InChI=1S/C24H23Cl2N5O3/c25-18-4-2-1-3-15(18)12-31-21-5-7-30(24(33)17(21)10-28-31)22-9-23(27-11-19(22)26)29-20(13-32)16-6-8-34-14-16/h1-5,7,9-11,16,20,32H,6,8,12-14H2,(H,27,29)/t16-,20-/m0/s1. The highest BCUT2D eigenvalue weighted by molar-refractivity contribution is 6.32. The van der Waals surface area contributed by atoms with E-state index in [1.54, 1.807) is 23.1 Å². The van der Waals surface area contributed by atoms with Crippen LogP contribution in [0.2, 0.25) is 10.0 Å². The summed E-state index contributed by atoms with van der Waals surface area (Å²) < 4.78 is 8.67. The van der Waals surface area contributed by atoms with Crippen molar-refractivity contribution in [2.24, 2.45) is 5.92 Å². The number of aromatic nitrogens is 4. The maximum absolute atomic E-state index is 13.3. The number of hydrogen-bond donors (Lipinski definition) is 2. The Bertz CT molecular complexity index is 1380. The Balaban J connectivity index is 1.47. The predicted octanol–water partition coefficient (Wildman–Crippen LogP) is 3.75. The van der Waals surface area contributed by atoms with E-state index >= 15 is 0 Å². The van der Waals surface area contributed by atoms with Crippen molar-refractivity contribution < 1.29 is 9.84 Å². The fraction of sp³-hybridized carbons (Fsp3) is 0.292. The molecule has 2 N–H and O–H groups in total. The number of ether oxygens (including phenoxy) is 1. The summed E-state index contributed by atoms with van der Waals surface area (Å²) in [5.41, 5.74) is 1.86. The summed E-state index contributed by atoms with van der Waals surface area (Å²) in [4.78, 5) is 17.7. The smallest absolute Gasteiger partial charge is 0.266 e. The van der Waals surface area contributed by atoms with Crippen molar-refractivity contribution in [2.45, 2.75) is 19.0 Å². The highest BCUT2D eigenvalue weighted by Gasteiger charge is 2.25. The average molecular weight is 500 g/mol. The Morgan fingerprint density at radius 3 is 2.82 bits per heavy atom. The molecule has 0 saturated carbocycles. The van der Waals surface area contributed by atoms with Crippen molar-refractivity contribution in [1.82, 2.24) is 19.3 Å². The lowest BCUT2D eigenvalue weighted by atomic mass is 10.00. The van der Waals surface area contributed by atoms with Gasteiger partial charge in [-0.3, -0.25) is 14.0 Å². The number of pyridine rings is 2. The first-order valence-electron chi connectivity index (χ1n) is 11.0. The third-order valence-electron chi connectivity index (χ3n) is 6.15. The highest BCUT2D eigenvalue weighted by Crippen LogP contribution is 2.25. The molecule has 0 spiro atoms. The van der Waals surface area contributed by atoms with E-state index < -0.39 is 0 Å². The largest absolute Gasteiger partial charge is 0.394 e. The summed E-state index contributed by atoms with van der Waals surface area (Å²) in [5, 5.41) is 18.9. The zero-order valence-corrected chi connectivity index (χ0v) is 19.7. The minimum atomic E-state index is -0.246. The van der Waals surface area contributed by atoms with Gasteiger partial charge in [-0.25, -0.2) is 4.98 Å². The van der Waals surface area contributed by atoms with Crippen molar-refractivity contribution >= 4 is 39.9 Å². The van der Waals surface area contributed by atoms with E-state index in [0.29, 0.717) is 52.2 Å². The van der Waals surface area contributed by atoms with Gasteiger partial charge < -0.3 is 15.2 Å². The van der Waals surface area contributed by atoms with Gasteiger partial charge >= 0.3 is 0 Å². The second-order valence-corrected chi connectivity index (χ2v) is 9.08. The first-order valence-corrected chi connectivity index (χ1v) is 11.7. The van der Waals surface area contributed by atoms with Crippen LogP contribution in [0.3, 0.4) is 0 Å². The van der Waals surface area contributed by atoms with Crippen LogP contribution < -0.4 is 10.9 Å². The number of aliphatic hydroxyl groups excluding tert-OH is 1. The molecule has 0 bridgehead atoms. The maximum Gasteiger partial charge on any atom is 0.266 e. The quantitative estimate of drug-likeness (QED) is 0.402. The van der Waals surface area contributed by atoms with Gasteiger partial charge in [-0.05, 0) is 24.1 Å². The van der Waals surface area contributed by atoms with Crippen LogP contribution in [-0.4, -0.2) is 50.3 Å². The molecule has 10 heteroatoms. The molecule has 2 atom stereocenters. The summed E-state index contributed by atoms with van der Waals surface area (Å²) in [6, 6.07) is 10.9. The van der Waals surface area contributed by atoms with E-state index in [1.807, 2.05) is 30.3 Å². The zero-order valence-electron chi connectivity index (χ0n) is 18.2. The van der Waals surface area contributed by atoms with Crippen LogP contribution in [-0.2, 0) is 11.3 Å². The van der Waals surface area contributed by atoms with Gasteiger partial charge in [0.1, 0.15) is 5.82 Å². The van der Waals surface area contributed by atoms with Gasteiger partial charge in [0.2, 0.25) is 0 Å². The summed E-state index contributed by atoms with van der Waals surface area (Å²) >= 11 is 12.7. The van der Waals surface area contributed by atoms with Crippen molar-refractivity contribution in [3.63, 3.8) is 0 Å². The van der Waals surface area contributed by atoms with Crippen LogP contribution in [0.25, 0.3) is 16.6 Å². The molecule has 1 saturated heterocycles. The number of anilines is 1. The van der Waals surface area contributed by atoms with Crippen molar-refractivity contribution in [1.29, 1.82) is 0 Å². The van der Waals surface area contributed by atoms with Gasteiger partial charge in [-0.1, -0.05) is 41.4 Å². The van der Waals surface area contributed by atoms with Crippen molar-refractivity contribution in [3.8, 4) is 5.69 Å². The molecule has 0 unspecified atom stereocenters. The third-order valence-corrected chi connectivity index (χ3v) is 6.81. The lowest BCUT2D eigenvalue weighted by Crippen LogP contribution is -2.33. The lowest BCUT2D eigenvalue weighted by Gasteiger charge is -2.22. The fourth-order valence-electron chi connectivity index (χ4n) is 4.25. The molecule has 5 rings (SSSR count). The Labute approximate surface area is 205 Å². The minimum Gasteiger partial charge on any atom is -0.394 e. The molecule has 0 radical (unpaired) electrons. The second kappa shape index (κ2) is 9.76. The number of benzene rings is 1. The van der Waals surface area contributed by atoms with Crippen LogP contribution in [0.1, 0.15) is 12.0 Å². The molecule has 0 amide bonds. The Morgan fingerprint density at radius 1 is 1.21 bits per heavy atom. The van der Waals surface area contributed by atoms with Gasteiger partial charge in [0.15, 0.2) is 0 Å². The minimum absolute atomic E-state index is 0.0514. The number of nitrogens with zero attached hydrogens (tertiary/aromatic N) is 4. The normalized spacial score (nSPS) is 16.7. The molecule has 4 aromatic rings. The van der Waals surface area contributed by atoms with E-state index in [-0.39, 0.29) is 24.1 Å². The monoisotopic (exact) mass is 499 g/mol. The molecule has 1 aliphatic rings. The van der Waals surface area contributed by atoms with E-state index in [0.717, 1.165) is 12.0 Å². The first-order chi connectivity index (χ1) is 16.5. The van der Waals surface area contributed by atoms with E-state index in [2.05, 4.69) is 15.4 Å². The Kier molecular flexibility index (Phi) is 6.56. The second-order valence-electron chi connectivity index (χ2n) is 8.26. The van der Waals surface area contributed by atoms with Crippen LogP contribution in [0, 0.1) is 5.92 Å². The van der Waals surface area contributed by atoms with Gasteiger partial charge in [0.25, 0.3) is 5.56 Å². The first kappa shape index (κ1) is 22.9. The highest BCUT2D eigenvalue weighted by atomic mass is 35.5. The molecule has 1 aliphatic heterocycles. The third kappa shape index (κ3) is 4.42. The van der Waals surface area contributed by atoms with Crippen LogP contribution >= 0.6 is 23.2 Å². The number of rotatable bonds is 7. The number of aliphatic hydroxyl groups is 1. The molecule has 1 aromatic carbocycles. The maximum atomic E-state index is 13.3. The number of nitrogens with one attached hydrogen (secondary N) is 1. The molecular formula is C24H23Cl2N5O3. The topological polar surface area (TPSA) is 94.2 Å². The summed E-state index contributed by atoms with van der Waals surface area (Å²) in [5.74, 6) is 0.709. The van der Waals surface area contributed by atoms with Crippen LogP contribution in [0.5, 0.6) is 0 Å².